The summed E-state index contributed by atoms with van der Waals surface area (Å²) < 4.78 is 1.10. The zero-order chi connectivity index (χ0) is 10.8. The molecule has 0 spiro atoms. The average Bonchev–Trinajstić information content (AvgIpc) is 2.58. The summed E-state index contributed by atoms with van der Waals surface area (Å²) in [5, 5.41) is 0.722. The number of thiophene rings is 1. The van der Waals surface area contributed by atoms with Gasteiger partial charge in [0.2, 0.25) is 0 Å². The molecular weight excluding hydrogens is 228 g/mol. The quantitative estimate of drug-likeness (QED) is 0.581. The van der Waals surface area contributed by atoms with Crippen LogP contribution in [0.5, 0.6) is 0 Å². The Balaban J connectivity index is 2.73. The SMILES string of the molecule is C=CCc1c(C(=O)Cl)sc2ccccc12. The van der Waals surface area contributed by atoms with Gasteiger partial charge in [-0.3, -0.25) is 4.79 Å². The summed E-state index contributed by atoms with van der Waals surface area (Å²) in [6.45, 7) is 3.69. The number of allylic oxidation sites excluding steroid dienone is 1. The first-order chi connectivity index (χ1) is 7.24. The fourth-order valence-corrected chi connectivity index (χ4v) is 2.90. The van der Waals surface area contributed by atoms with Crippen molar-refractivity contribution < 1.29 is 4.79 Å². The Kier molecular flexibility index (Phi) is 2.89. The molecule has 0 N–H and O–H groups in total. The third kappa shape index (κ3) is 1.83. The molecule has 0 aliphatic heterocycles. The van der Waals surface area contributed by atoms with Gasteiger partial charge in [0.15, 0.2) is 0 Å². The van der Waals surface area contributed by atoms with E-state index >= 15 is 0 Å². The van der Waals surface area contributed by atoms with Gasteiger partial charge in [0.1, 0.15) is 0 Å². The molecule has 0 bridgehead atoms. The Morgan fingerprint density at radius 2 is 2.20 bits per heavy atom. The molecule has 1 heterocycles. The van der Waals surface area contributed by atoms with Crippen molar-refractivity contribution in [3.8, 4) is 0 Å². The zero-order valence-electron chi connectivity index (χ0n) is 8.00. The van der Waals surface area contributed by atoms with Crippen LogP contribution in [0.4, 0.5) is 0 Å². The highest BCUT2D eigenvalue weighted by Crippen LogP contribution is 2.32. The maximum atomic E-state index is 11.3. The summed E-state index contributed by atoms with van der Waals surface area (Å²) in [5.74, 6) is 0. The van der Waals surface area contributed by atoms with Crippen molar-refractivity contribution in [2.75, 3.05) is 0 Å². The van der Waals surface area contributed by atoms with Gasteiger partial charge >= 0.3 is 0 Å². The molecule has 0 unspecified atom stereocenters. The third-order valence-electron chi connectivity index (χ3n) is 2.23. The first kappa shape index (κ1) is 10.4. The van der Waals surface area contributed by atoms with Crippen molar-refractivity contribution in [2.24, 2.45) is 0 Å². The van der Waals surface area contributed by atoms with Crippen LogP contribution in [0, 0.1) is 0 Å². The molecule has 1 aromatic heterocycles. The maximum Gasteiger partial charge on any atom is 0.262 e. The first-order valence-corrected chi connectivity index (χ1v) is 5.74. The van der Waals surface area contributed by atoms with E-state index in [0.717, 1.165) is 15.6 Å². The summed E-state index contributed by atoms with van der Waals surface area (Å²) in [6.07, 6.45) is 2.47. The summed E-state index contributed by atoms with van der Waals surface area (Å²) in [5.41, 5.74) is 0.991. The van der Waals surface area contributed by atoms with Crippen LogP contribution in [0.1, 0.15) is 15.2 Å². The number of hydrogen-bond acceptors (Lipinski definition) is 2. The van der Waals surface area contributed by atoms with Crippen LogP contribution in [0.15, 0.2) is 36.9 Å². The number of fused-ring (bicyclic) bond motifs is 1. The third-order valence-corrected chi connectivity index (χ3v) is 3.74. The molecule has 0 aliphatic rings. The zero-order valence-corrected chi connectivity index (χ0v) is 9.57. The monoisotopic (exact) mass is 236 g/mol. The molecule has 2 rings (SSSR count). The lowest BCUT2D eigenvalue weighted by Crippen LogP contribution is -1.90. The second-order valence-corrected chi connectivity index (χ2v) is 4.57. The Hall–Kier alpha value is -1.12. The van der Waals surface area contributed by atoms with Crippen LogP contribution in [0.2, 0.25) is 0 Å². The molecule has 15 heavy (non-hydrogen) atoms. The van der Waals surface area contributed by atoms with Crippen molar-refractivity contribution >= 4 is 38.3 Å². The first-order valence-electron chi connectivity index (χ1n) is 4.55. The van der Waals surface area contributed by atoms with Gasteiger partial charge in [0.25, 0.3) is 5.24 Å². The molecular formula is C12H9ClOS. The van der Waals surface area contributed by atoms with E-state index in [4.69, 9.17) is 11.6 Å². The minimum atomic E-state index is -0.381. The summed E-state index contributed by atoms with van der Waals surface area (Å²) in [4.78, 5) is 11.9. The second kappa shape index (κ2) is 4.17. The van der Waals surface area contributed by atoms with E-state index in [1.165, 1.54) is 11.3 Å². The highest BCUT2D eigenvalue weighted by Gasteiger charge is 2.14. The van der Waals surface area contributed by atoms with E-state index in [9.17, 15) is 4.79 Å². The fraction of sp³-hybridized carbons (Fsp3) is 0.0833. The highest BCUT2D eigenvalue weighted by atomic mass is 35.5. The van der Waals surface area contributed by atoms with Crippen molar-refractivity contribution in [3.05, 3.63) is 47.4 Å². The van der Waals surface area contributed by atoms with Crippen molar-refractivity contribution in [1.29, 1.82) is 0 Å². The number of halogens is 1. The Bertz CT molecular complexity index is 527. The number of rotatable bonds is 3. The normalized spacial score (nSPS) is 10.5. The second-order valence-electron chi connectivity index (χ2n) is 3.17. The van der Waals surface area contributed by atoms with E-state index in [1.807, 2.05) is 24.3 Å². The van der Waals surface area contributed by atoms with Crippen LogP contribution in [0.3, 0.4) is 0 Å². The van der Waals surface area contributed by atoms with Gasteiger partial charge in [-0.2, -0.15) is 0 Å². The number of hydrogen-bond donors (Lipinski definition) is 0. The molecule has 1 nitrogen and oxygen atoms in total. The van der Waals surface area contributed by atoms with E-state index in [2.05, 4.69) is 6.58 Å². The summed E-state index contributed by atoms with van der Waals surface area (Å²) in [7, 11) is 0. The van der Waals surface area contributed by atoms with Crippen LogP contribution in [-0.4, -0.2) is 5.24 Å². The van der Waals surface area contributed by atoms with E-state index in [-0.39, 0.29) is 5.24 Å². The van der Waals surface area contributed by atoms with Gasteiger partial charge in [-0.25, -0.2) is 0 Å². The highest BCUT2D eigenvalue weighted by molar-refractivity contribution is 7.22. The number of carbonyl (C=O) groups is 1. The van der Waals surface area contributed by atoms with Crippen molar-refractivity contribution in [1.82, 2.24) is 0 Å². The topological polar surface area (TPSA) is 17.1 Å². The molecule has 2 aromatic rings. The molecule has 3 heteroatoms. The predicted molar refractivity (Wildman–Crippen MR) is 65.9 cm³/mol. The van der Waals surface area contributed by atoms with Gasteiger partial charge < -0.3 is 0 Å². The van der Waals surface area contributed by atoms with Crippen LogP contribution in [0.25, 0.3) is 10.1 Å². The van der Waals surface area contributed by atoms with Crippen LogP contribution >= 0.6 is 22.9 Å². The molecule has 0 radical (unpaired) electrons. The van der Waals surface area contributed by atoms with Gasteiger partial charge in [-0.15, -0.1) is 17.9 Å². The summed E-state index contributed by atoms with van der Waals surface area (Å²) in [6, 6.07) is 7.92. The lowest BCUT2D eigenvalue weighted by atomic mass is 10.1. The van der Waals surface area contributed by atoms with Gasteiger partial charge in [0, 0.05) is 4.70 Å². The number of benzene rings is 1. The van der Waals surface area contributed by atoms with E-state index in [0.29, 0.717) is 11.3 Å². The van der Waals surface area contributed by atoms with E-state index in [1.54, 1.807) is 6.08 Å². The lowest BCUT2D eigenvalue weighted by molar-refractivity contribution is 0.108. The molecule has 0 amide bonds. The minimum absolute atomic E-state index is 0.381. The number of carbonyl (C=O) groups excluding carboxylic acids is 1. The molecule has 1 aromatic carbocycles. The molecule has 0 fully saturated rings. The smallest absolute Gasteiger partial charge is 0.262 e. The molecule has 76 valence electrons. The van der Waals surface area contributed by atoms with Crippen LogP contribution < -0.4 is 0 Å². The largest absolute Gasteiger partial charge is 0.275 e. The average molecular weight is 237 g/mol. The molecule has 0 aliphatic carbocycles. The minimum Gasteiger partial charge on any atom is -0.275 e. The van der Waals surface area contributed by atoms with Crippen molar-refractivity contribution in [3.63, 3.8) is 0 Å². The molecule has 0 saturated heterocycles. The Morgan fingerprint density at radius 3 is 2.87 bits per heavy atom. The Morgan fingerprint density at radius 1 is 1.47 bits per heavy atom. The lowest BCUT2D eigenvalue weighted by Gasteiger charge is -1.96. The fourth-order valence-electron chi connectivity index (χ4n) is 1.60. The van der Waals surface area contributed by atoms with Gasteiger partial charge in [-0.1, -0.05) is 24.3 Å². The summed E-state index contributed by atoms with van der Waals surface area (Å²) >= 11 is 7.00. The van der Waals surface area contributed by atoms with Crippen LogP contribution in [-0.2, 0) is 6.42 Å². The van der Waals surface area contributed by atoms with Gasteiger partial charge in [-0.05, 0) is 35.0 Å². The van der Waals surface area contributed by atoms with E-state index < -0.39 is 0 Å². The molecule has 0 saturated carbocycles. The van der Waals surface area contributed by atoms with Crippen molar-refractivity contribution in [2.45, 2.75) is 6.42 Å². The standard InChI is InChI=1S/C12H9ClOS/c1-2-5-9-8-6-3-4-7-10(8)15-11(9)12(13)14/h2-4,6-7H,1,5H2. The maximum absolute atomic E-state index is 11.3. The predicted octanol–water partition coefficient (Wildman–Crippen LogP) is 4.01. The molecule has 0 atom stereocenters. The van der Waals surface area contributed by atoms with Gasteiger partial charge in [0.05, 0.1) is 4.88 Å². The Labute approximate surface area is 97.0 Å².